The van der Waals surface area contributed by atoms with E-state index in [0.29, 0.717) is 6.61 Å². The molecule has 0 amide bonds. The molecule has 0 radical (unpaired) electrons. The lowest BCUT2D eigenvalue weighted by Crippen LogP contribution is -2.23. The lowest BCUT2D eigenvalue weighted by molar-refractivity contribution is 0.359. The molecule has 0 unspecified atom stereocenters. The van der Waals surface area contributed by atoms with Gasteiger partial charge in [-0.2, -0.15) is 0 Å². The molecule has 0 N–H and O–H groups in total. The zero-order chi connectivity index (χ0) is 7.49. The summed E-state index contributed by atoms with van der Waals surface area (Å²) < 4.78 is 15.6. The van der Waals surface area contributed by atoms with Crippen LogP contribution in [0.4, 0.5) is 0 Å². The van der Waals surface area contributed by atoms with E-state index in [9.17, 15) is 4.21 Å². The van der Waals surface area contributed by atoms with E-state index in [1.54, 1.807) is 0 Å². The second kappa shape index (κ2) is 3.32. The average molecular weight is 150 g/mol. The maximum Gasteiger partial charge on any atom is 0.160 e. The highest BCUT2D eigenvalue weighted by Gasteiger charge is 2.19. The van der Waals surface area contributed by atoms with E-state index in [1.807, 2.05) is 27.7 Å². The third-order valence-corrected chi connectivity index (χ3v) is 2.17. The van der Waals surface area contributed by atoms with E-state index in [-0.39, 0.29) is 4.75 Å². The van der Waals surface area contributed by atoms with Crippen molar-refractivity contribution in [2.45, 2.75) is 32.4 Å². The molecular formula is C6H14O2S. The lowest BCUT2D eigenvalue weighted by Gasteiger charge is -2.15. The van der Waals surface area contributed by atoms with Crippen LogP contribution in [0.25, 0.3) is 0 Å². The molecule has 0 saturated carbocycles. The normalized spacial score (nSPS) is 15.6. The van der Waals surface area contributed by atoms with Crippen LogP contribution in [0, 0.1) is 0 Å². The lowest BCUT2D eigenvalue weighted by atomic mass is 10.3. The van der Waals surface area contributed by atoms with Crippen molar-refractivity contribution < 1.29 is 8.39 Å². The molecule has 0 aromatic heterocycles. The Morgan fingerprint density at radius 2 is 1.89 bits per heavy atom. The van der Waals surface area contributed by atoms with E-state index < -0.39 is 11.1 Å². The topological polar surface area (TPSA) is 26.3 Å². The van der Waals surface area contributed by atoms with Gasteiger partial charge in [-0.15, -0.1) is 0 Å². The van der Waals surface area contributed by atoms with Gasteiger partial charge in [-0.3, -0.25) is 4.18 Å². The summed E-state index contributed by atoms with van der Waals surface area (Å²) in [5.41, 5.74) is 0. The van der Waals surface area contributed by atoms with Gasteiger partial charge < -0.3 is 0 Å². The van der Waals surface area contributed by atoms with Crippen molar-refractivity contribution in [3.05, 3.63) is 0 Å². The smallest absolute Gasteiger partial charge is 0.160 e. The second-order valence-corrected chi connectivity index (χ2v) is 4.68. The standard InChI is InChI=1S/C6H14O2S/c1-5-8-9(7)6(2,3)4/h5H2,1-4H3/t9-/m1/s1. The largest absolute Gasteiger partial charge is 0.290 e. The van der Waals surface area contributed by atoms with Gasteiger partial charge in [-0.05, 0) is 27.7 Å². The molecule has 0 saturated heterocycles. The van der Waals surface area contributed by atoms with Crippen LogP contribution in [-0.2, 0) is 15.3 Å². The summed E-state index contributed by atoms with van der Waals surface area (Å²) in [7, 11) is 0. The Labute approximate surface area is 59.3 Å². The molecule has 0 aliphatic carbocycles. The predicted octanol–water partition coefficient (Wildman–Crippen LogP) is 1.49. The Bertz CT molecular complexity index is 104. The summed E-state index contributed by atoms with van der Waals surface area (Å²) in [4.78, 5) is 0. The minimum atomic E-state index is -1.14. The van der Waals surface area contributed by atoms with Gasteiger partial charge in [0.1, 0.15) is 0 Å². The molecule has 3 heteroatoms. The Balaban J connectivity index is 3.74. The van der Waals surface area contributed by atoms with Crippen LogP contribution in [-0.4, -0.2) is 15.6 Å². The fourth-order valence-corrected chi connectivity index (χ4v) is 0.851. The van der Waals surface area contributed by atoms with Crippen molar-refractivity contribution in [1.29, 1.82) is 0 Å². The third-order valence-electron chi connectivity index (χ3n) is 0.725. The number of hydrogen-bond acceptors (Lipinski definition) is 2. The molecule has 0 aromatic rings. The van der Waals surface area contributed by atoms with Crippen molar-refractivity contribution >= 4 is 11.1 Å². The number of rotatable bonds is 2. The van der Waals surface area contributed by atoms with Crippen LogP contribution in [0.15, 0.2) is 0 Å². The first-order chi connectivity index (χ1) is 3.98. The van der Waals surface area contributed by atoms with Crippen LogP contribution in [0.5, 0.6) is 0 Å². The molecule has 0 aromatic carbocycles. The maximum atomic E-state index is 11.0. The minimum Gasteiger partial charge on any atom is -0.290 e. The summed E-state index contributed by atoms with van der Waals surface area (Å²) in [6.45, 7) is 8.02. The first kappa shape index (κ1) is 9.11. The van der Waals surface area contributed by atoms with Gasteiger partial charge in [0.15, 0.2) is 11.1 Å². The molecule has 56 valence electrons. The van der Waals surface area contributed by atoms with Gasteiger partial charge >= 0.3 is 0 Å². The van der Waals surface area contributed by atoms with Crippen molar-refractivity contribution in [2.75, 3.05) is 6.61 Å². The van der Waals surface area contributed by atoms with Gasteiger partial charge in [-0.1, -0.05) is 0 Å². The maximum absolute atomic E-state index is 11.0. The molecule has 2 nitrogen and oxygen atoms in total. The highest BCUT2D eigenvalue weighted by Crippen LogP contribution is 2.11. The fraction of sp³-hybridized carbons (Fsp3) is 1.00. The van der Waals surface area contributed by atoms with Gasteiger partial charge in [-0.25, -0.2) is 4.21 Å². The zero-order valence-corrected chi connectivity index (χ0v) is 7.25. The van der Waals surface area contributed by atoms with Gasteiger partial charge in [0.05, 0.1) is 11.4 Å². The summed E-state index contributed by atoms with van der Waals surface area (Å²) in [6, 6.07) is 0. The molecule has 0 bridgehead atoms. The quantitative estimate of drug-likeness (QED) is 0.596. The molecule has 0 aliphatic heterocycles. The van der Waals surface area contributed by atoms with E-state index in [1.165, 1.54) is 0 Å². The molecule has 0 fully saturated rings. The van der Waals surface area contributed by atoms with E-state index in [0.717, 1.165) is 0 Å². The van der Waals surface area contributed by atoms with Crippen LogP contribution < -0.4 is 0 Å². The number of hydrogen-bond donors (Lipinski definition) is 0. The highest BCUT2D eigenvalue weighted by atomic mass is 32.2. The van der Waals surface area contributed by atoms with Crippen LogP contribution in [0.2, 0.25) is 0 Å². The molecule has 0 spiro atoms. The average Bonchev–Trinajstić information content (AvgIpc) is 1.64. The van der Waals surface area contributed by atoms with Crippen molar-refractivity contribution in [1.82, 2.24) is 0 Å². The fourth-order valence-electron chi connectivity index (χ4n) is 0.284. The van der Waals surface area contributed by atoms with Gasteiger partial charge in [0.25, 0.3) is 0 Å². The van der Waals surface area contributed by atoms with Crippen molar-refractivity contribution in [3.63, 3.8) is 0 Å². The van der Waals surface area contributed by atoms with Gasteiger partial charge in [0, 0.05) is 0 Å². The first-order valence-corrected chi connectivity index (χ1v) is 4.11. The Hall–Kier alpha value is 0.110. The zero-order valence-electron chi connectivity index (χ0n) is 6.43. The summed E-state index contributed by atoms with van der Waals surface area (Å²) >= 11 is -1.14. The van der Waals surface area contributed by atoms with E-state index in [2.05, 4.69) is 0 Å². The predicted molar refractivity (Wildman–Crippen MR) is 39.5 cm³/mol. The monoisotopic (exact) mass is 150 g/mol. The van der Waals surface area contributed by atoms with Crippen molar-refractivity contribution in [3.8, 4) is 0 Å². The Morgan fingerprint density at radius 1 is 1.44 bits per heavy atom. The highest BCUT2D eigenvalue weighted by molar-refractivity contribution is 7.81. The summed E-state index contributed by atoms with van der Waals surface area (Å²) in [5.74, 6) is 0. The SMILES string of the molecule is CCO[S@@](=O)C(C)(C)C. The van der Waals surface area contributed by atoms with Crippen LogP contribution >= 0.6 is 0 Å². The molecule has 9 heavy (non-hydrogen) atoms. The Kier molecular flexibility index (Phi) is 3.36. The Morgan fingerprint density at radius 3 is 2.00 bits per heavy atom. The van der Waals surface area contributed by atoms with Crippen LogP contribution in [0.3, 0.4) is 0 Å². The van der Waals surface area contributed by atoms with Gasteiger partial charge in [0.2, 0.25) is 0 Å². The first-order valence-electron chi connectivity index (χ1n) is 3.03. The second-order valence-electron chi connectivity index (χ2n) is 2.75. The molecular weight excluding hydrogens is 136 g/mol. The minimum absolute atomic E-state index is 0.240. The van der Waals surface area contributed by atoms with Crippen molar-refractivity contribution in [2.24, 2.45) is 0 Å². The molecule has 0 aliphatic rings. The van der Waals surface area contributed by atoms with E-state index in [4.69, 9.17) is 4.18 Å². The van der Waals surface area contributed by atoms with E-state index >= 15 is 0 Å². The summed E-state index contributed by atoms with van der Waals surface area (Å²) in [5, 5.41) is 0. The van der Waals surface area contributed by atoms with Crippen LogP contribution in [0.1, 0.15) is 27.7 Å². The molecule has 0 rings (SSSR count). The molecule has 1 atom stereocenters. The third kappa shape index (κ3) is 3.65. The summed E-state index contributed by atoms with van der Waals surface area (Å²) in [6.07, 6.45) is 0. The molecule has 0 heterocycles.